The van der Waals surface area contributed by atoms with Gasteiger partial charge in [0.15, 0.2) is 0 Å². The Morgan fingerprint density at radius 3 is 2.59 bits per heavy atom. The summed E-state index contributed by atoms with van der Waals surface area (Å²) in [7, 11) is 1.84. The van der Waals surface area contributed by atoms with Crippen molar-refractivity contribution in [2.45, 2.75) is 39.3 Å². The van der Waals surface area contributed by atoms with Gasteiger partial charge in [-0.3, -0.25) is 14.6 Å². The lowest BCUT2D eigenvalue weighted by atomic mass is 9.95. The maximum absolute atomic E-state index is 12.9. The van der Waals surface area contributed by atoms with E-state index in [2.05, 4.69) is 36.2 Å². The minimum absolute atomic E-state index is 0.0995. The van der Waals surface area contributed by atoms with Crippen LogP contribution in [0.1, 0.15) is 36.6 Å². The van der Waals surface area contributed by atoms with Crippen molar-refractivity contribution >= 4 is 11.8 Å². The summed E-state index contributed by atoms with van der Waals surface area (Å²) in [5.74, 6) is 0.0573. The third kappa shape index (κ3) is 4.94. The van der Waals surface area contributed by atoms with Gasteiger partial charge in [-0.2, -0.15) is 0 Å². The van der Waals surface area contributed by atoms with E-state index in [4.69, 9.17) is 0 Å². The molecule has 1 atom stereocenters. The summed E-state index contributed by atoms with van der Waals surface area (Å²) in [6.07, 6.45) is 3.78. The number of hydrogen-bond donors (Lipinski definition) is 0. The molecule has 0 N–H and O–H groups in total. The monoisotopic (exact) mass is 365 g/mol. The zero-order chi connectivity index (χ0) is 19.2. The number of carbonyl (C=O) groups is 2. The van der Waals surface area contributed by atoms with E-state index in [-0.39, 0.29) is 17.7 Å². The first-order valence-electron chi connectivity index (χ1n) is 9.57. The Bertz CT molecular complexity index is 774. The van der Waals surface area contributed by atoms with E-state index < -0.39 is 0 Å². The minimum atomic E-state index is -0.147. The van der Waals surface area contributed by atoms with E-state index in [1.165, 1.54) is 5.56 Å². The number of hydrogen-bond acceptors (Lipinski definition) is 3. The van der Waals surface area contributed by atoms with E-state index >= 15 is 0 Å². The van der Waals surface area contributed by atoms with Crippen LogP contribution in [0.3, 0.4) is 0 Å². The summed E-state index contributed by atoms with van der Waals surface area (Å²) in [5.41, 5.74) is 3.27. The molecule has 2 heterocycles. The maximum atomic E-state index is 12.9. The number of aryl methyl sites for hydroxylation is 1. The van der Waals surface area contributed by atoms with Gasteiger partial charge in [0.2, 0.25) is 11.8 Å². The van der Waals surface area contributed by atoms with Crippen LogP contribution in [0, 0.1) is 5.92 Å². The zero-order valence-corrected chi connectivity index (χ0v) is 16.1. The Balaban J connectivity index is 1.60. The number of carbonyl (C=O) groups excluding carboxylic acids is 2. The lowest BCUT2D eigenvalue weighted by Crippen LogP contribution is -2.45. The average Bonchev–Trinajstić information content (AvgIpc) is 2.70. The molecule has 1 aromatic carbocycles. The number of pyridine rings is 1. The normalized spacial score (nSPS) is 17.0. The van der Waals surface area contributed by atoms with Crippen LogP contribution in [0.25, 0.3) is 0 Å². The topological polar surface area (TPSA) is 53.5 Å². The molecule has 5 heteroatoms. The Kier molecular flexibility index (Phi) is 6.22. The molecule has 5 nitrogen and oxygen atoms in total. The Morgan fingerprint density at radius 1 is 1.19 bits per heavy atom. The van der Waals surface area contributed by atoms with Crippen LogP contribution >= 0.6 is 0 Å². The number of benzene rings is 1. The van der Waals surface area contributed by atoms with Crippen molar-refractivity contribution in [2.24, 2.45) is 5.92 Å². The van der Waals surface area contributed by atoms with Crippen molar-refractivity contribution in [1.29, 1.82) is 0 Å². The number of likely N-dealkylation sites (tertiary alicyclic amines) is 1. The fourth-order valence-corrected chi connectivity index (χ4v) is 3.50. The number of piperidine rings is 1. The van der Waals surface area contributed by atoms with Crippen molar-refractivity contribution < 1.29 is 9.59 Å². The van der Waals surface area contributed by atoms with Gasteiger partial charge in [-0.15, -0.1) is 0 Å². The summed E-state index contributed by atoms with van der Waals surface area (Å²) in [6, 6.07) is 14.1. The summed E-state index contributed by atoms with van der Waals surface area (Å²) >= 11 is 0. The molecule has 1 fully saturated rings. The van der Waals surface area contributed by atoms with Crippen LogP contribution < -0.4 is 0 Å². The van der Waals surface area contributed by atoms with Crippen molar-refractivity contribution in [3.05, 3.63) is 65.5 Å². The summed E-state index contributed by atoms with van der Waals surface area (Å²) in [4.78, 5) is 33.0. The molecule has 1 aromatic heterocycles. The second-order valence-corrected chi connectivity index (χ2v) is 7.20. The molecule has 2 amide bonds. The SMILES string of the molecule is CCc1ccc(CN(C)C(=O)[C@@H]2CCC(=O)N(Cc3ccccn3)C2)cc1. The molecule has 0 aliphatic carbocycles. The van der Waals surface area contributed by atoms with Crippen molar-refractivity contribution in [1.82, 2.24) is 14.8 Å². The van der Waals surface area contributed by atoms with E-state index in [0.29, 0.717) is 32.5 Å². The molecule has 0 saturated carbocycles. The second-order valence-electron chi connectivity index (χ2n) is 7.20. The number of nitrogens with zero attached hydrogens (tertiary/aromatic N) is 3. The third-order valence-corrected chi connectivity index (χ3v) is 5.16. The fraction of sp³-hybridized carbons (Fsp3) is 0.409. The summed E-state index contributed by atoms with van der Waals surface area (Å²) in [6.45, 7) is 3.65. The van der Waals surface area contributed by atoms with Gasteiger partial charge in [-0.1, -0.05) is 37.3 Å². The number of aromatic nitrogens is 1. The van der Waals surface area contributed by atoms with Gasteiger partial charge in [-0.25, -0.2) is 0 Å². The van der Waals surface area contributed by atoms with Crippen LogP contribution in [-0.4, -0.2) is 40.2 Å². The number of amides is 2. The highest BCUT2D eigenvalue weighted by Crippen LogP contribution is 2.22. The number of rotatable bonds is 6. The van der Waals surface area contributed by atoms with E-state index in [1.54, 1.807) is 16.0 Å². The van der Waals surface area contributed by atoms with Crippen molar-refractivity contribution in [3.63, 3.8) is 0 Å². The van der Waals surface area contributed by atoms with Crippen molar-refractivity contribution in [2.75, 3.05) is 13.6 Å². The summed E-state index contributed by atoms with van der Waals surface area (Å²) in [5, 5.41) is 0. The Morgan fingerprint density at radius 2 is 1.93 bits per heavy atom. The summed E-state index contributed by atoms with van der Waals surface area (Å²) < 4.78 is 0. The standard InChI is InChI=1S/C22H27N3O2/c1-3-17-7-9-18(10-8-17)14-24(2)22(27)19-11-12-21(26)25(15-19)16-20-6-4-5-13-23-20/h4-10,13,19H,3,11-12,14-16H2,1-2H3/t19-/m1/s1. The molecule has 1 aliphatic heterocycles. The molecule has 1 saturated heterocycles. The molecule has 0 radical (unpaired) electrons. The average molecular weight is 365 g/mol. The Hall–Kier alpha value is -2.69. The molecule has 0 bridgehead atoms. The predicted octanol–water partition coefficient (Wildman–Crippen LogP) is 3.04. The first-order chi connectivity index (χ1) is 13.1. The van der Waals surface area contributed by atoms with Crippen LogP contribution in [0.4, 0.5) is 0 Å². The fourth-order valence-electron chi connectivity index (χ4n) is 3.50. The first kappa shape index (κ1) is 19.1. The zero-order valence-electron chi connectivity index (χ0n) is 16.1. The highest BCUT2D eigenvalue weighted by molar-refractivity contribution is 5.83. The van der Waals surface area contributed by atoms with Crippen LogP contribution in [0.2, 0.25) is 0 Å². The van der Waals surface area contributed by atoms with Gasteiger partial charge in [0.1, 0.15) is 0 Å². The molecule has 1 aliphatic rings. The largest absolute Gasteiger partial charge is 0.341 e. The van der Waals surface area contributed by atoms with E-state index in [1.807, 2.05) is 25.2 Å². The molecule has 2 aromatic rings. The van der Waals surface area contributed by atoms with Crippen LogP contribution in [-0.2, 0) is 29.1 Å². The van der Waals surface area contributed by atoms with Gasteiger partial charge in [-0.05, 0) is 36.1 Å². The molecule has 3 rings (SSSR count). The lowest BCUT2D eigenvalue weighted by Gasteiger charge is -2.33. The molecule has 0 unspecified atom stereocenters. The highest BCUT2D eigenvalue weighted by Gasteiger charge is 2.32. The van der Waals surface area contributed by atoms with E-state index in [9.17, 15) is 9.59 Å². The molecule has 0 spiro atoms. The highest BCUT2D eigenvalue weighted by atomic mass is 16.2. The Labute approximate surface area is 161 Å². The van der Waals surface area contributed by atoms with Gasteiger partial charge in [0.25, 0.3) is 0 Å². The smallest absolute Gasteiger partial charge is 0.227 e. The van der Waals surface area contributed by atoms with Gasteiger partial charge < -0.3 is 9.80 Å². The first-order valence-corrected chi connectivity index (χ1v) is 9.57. The molecule has 142 valence electrons. The quantitative estimate of drug-likeness (QED) is 0.791. The van der Waals surface area contributed by atoms with Crippen LogP contribution in [0.5, 0.6) is 0 Å². The molecular formula is C22H27N3O2. The predicted molar refractivity (Wildman–Crippen MR) is 105 cm³/mol. The molecule has 27 heavy (non-hydrogen) atoms. The van der Waals surface area contributed by atoms with Gasteiger partial charge >= 0.3 is 0 Å². The second kappa shape index (κ2) is 8.80. The third-order valence-electron chi connectivity index (χ3n) is 5.16. The minimum Gasteiger partial charge on any atom is -0.341 e. The van der Waals surface area contributed by atoms with Gasteiger partial charge in [0, 0.05) is 32.8 Å². The van der Waals surface area contributed by atoms with Crippen LogP contribution in [0.15, 0.2) is 48.7 Å². The molecular weight excluding hydrogens is 338 g/mol. The lowest BCUT2D eigenvalue weighted by molar-refractivity contribution is -0.143. The van der Waals surface area contributed by atoms with Crippen molar-refractivity contribution in [3.8, 4) is 0 Å². The maximum Gasteiger partial charge on any atom is 0.227 e. The van der Waals surface area contributed by atoms with E-state index in [0.717, 1.165) is 17.7 Å². The van der Waals surface area contributed by atoms with Gasteiger partial charge in [0.05, 0.1) is 18.2 Å².